The highest BCUT2D eigenvalue weighted by Gasteiger charge is 2.10. The lowest BCUT2D eigenvalue weighted by atomic mass is 10.2. The van der Waals surface area contributed by atoms with Gasteiger partial charge in [-0.3, -0.25) is 14.8 Å². The summed E-state index contributed by atoms with van der Waals surface area (Å²) in [7, 11) is 0. The minimum atomic E-state index is -0.334. The van der Waals surface area contributed by atoms with E-state index in [2.05, 4.69) is 20.3 Å². The lowest BCUT2D eigenvalue weighted by molar-refractivity contribution is 0.102. The third-order valence-corrected chi connectivity index (χ3v) is 2.25. The SMILES string of the molecule is Cc1cccnc1C(=O)Nc1cncc(Cl)n1. The zero-order valence-corrected chi connectivity index (χ0v) is 9.77. The Bertz CT molecular complexity index is 559. The van der Waals surface area contributed by atoms with Crippen molar-refractivity contribution in [1.29, 1.82) is 0 Å². The van der Waals surface area contributed by atoms with Crippen molar-refractivity contribution in [3.05, 3.63) is 47.1 Å². The van der Waals surface area contributed by atoms with Crippen molar-refractivity contribution in [1.82, 2.24) is 15.0 Å². The monoisotopic (exact) mass is 248 g/mol. The molecular weight excluding hydrogens is 240 g/mol. The van der Waals surface area contributed by atoms with E-state index >= 15 is 0 Å². The van der Waals surface area contributed by atoms with Gasteiger partial charge in [0.25, 0.3) is 5.91 Å². The van der Waals surface area contributed by atoms with Crippen LogP contribution in [0.3, 0.4) is 0 Å². The quantitative estimate of drug-likeness (QED) is 0.884. The number of carbonyl (C=O) groups excluding carboxylic acids is 1. The molecule has 0 bridgehead atoms. The first-order valence-corrected chi connectivity index (χ1v) is 5.25. The Balaban J connectivity index is 2.20. The standard InChI is InChI=1S/C11H9ClN4O/c1-7-3-2-4-14-10(7)11(17)16-9-6-13-5-8(12)15-9/h2-6H,1H3,(H,15,16,17). The fourth-order valence-corrected chi connectivity index (χ4v) is 1.45. The number of aromatic nitrogens is 3. The average Bonchev–Trinajstić information content (AvgIpc) is 2.29. The van der Waals surface area contributed by atoms with Crippen LogP contribution in [-0.2, 0) is 0 Å². The van der Waals surface area contributed by atoms with E-state index in [9.17, 15) is 4.79 Å². The predicted octanol–water partition coefficient (Wildman–Crippen LogP) is 2.09. The van der Waals surface area contributed by atoms with Crippen molar-refractivity contribution in [2.75, 3.05) is 5.32 Å². The number of amides is 1. The molecule has 2 heterocycles. The van der Waals surface area contributed by atoms with E-state index in [1.54, 1.807) is 12.3 Å². The van der Waals surface area contributed by atoms with Crippen LogP contribution in [0.25, 0.3) is 0 Å². The first-order valence-electron chi connectivity index (χ1n) is 4.87. The summed E-state index contributed by atoms with van der Waals surface area (Å²) in [5.41, 5.74) is 1.15. The number of nitrogens with one attached hydrogen (secondary N) is 1. The molecule has 0 aromatic carbocycles. The van der Waals surface area contributed by atoms with Crippen molar-refractivity contribution in [3.8, 4) is 0 Å². The van der Waals surface area contributed by atoms with E-state index in [0.29, 0.717) is 11.5 Å². The summed E-state index contributed by atoms with van der Waals surface area (Å²) in [4.78, 5) is 23.6. The van der Waals surface area contributed by atoms with Gasteiger partial charge in [-0.2, -0.15) is 0 Å². The lowest BCUT2D eigenvalue weighted by Gasteiger charge is -2.05. The summed E-state index contributed by atoms with van der Waals surface area (Å²) in [6.45, 7) is 1.81. The summed E-state index contributed by atoms with van der Waals surface area (Å²) in [5, 5.41) is 2.80. The number of halogens is 1. The van der Waals surface area contributed by atoms with Gasteiger partial charge in [-0.15, -0.1) is 0 Å². The Labute approximate surface area is 103 Å². The third-order valence-electron chi connectivity index (χ3n) is 2.07. The normalized spacial score (nSPS) is 10.0. The molecule has 0 aliphatic carbocycles. The second-order valence-electron chi connectivity index (χ2n) is 3.35. The Morgan fingerprint density at radius 3 is 2.94 bits per heavy atom. The molecule has 0 saturated heterocycles. The number of pyridine rings is 1. The highest BCUT2D eigenvalue weighted by atomic mass is 35.5. The third kappa shape index (κ3) is 2.76. The first-order chi connectivity index (χ1) is 8.16. The summed E-state index contributed by atoms with van der Waals surface area (Å²) >= 11 is 5.67. The maximum atomic E-state index is 11.9. The van der Waals surface area contributed by atoms with Gasteiger partial charge in [0.1, 0.15) is 10.8 Å². The van der Waals surface area contributed by atoms with Gasteiger partial charge >= 0.3 is 0 Å². The van der Waals surface area contributed by atoms with Crippen LogP contribution in [0.5, 0.6) is 0 Å². The molecule has 5 nitrogen and oxygen atoms in total. The molecule has 2 aromatic rings. The molecule has 0 fully saturated rings. The molecule has 0 aliphatic rings. The smallest absolute Gasteiger partial charge is 0.275 e. The number of rotatable bonds is 2. The number of aryl methyl sites for hydroxylation is 1. The molecule has 2 rings (SSSR count). The highest BCUT2D eigenvalue weighted by molar-refractivity contribution is 6.29. The molecule has 2 aromatic heterocycles. The van der Waals surface area contributed by atoms with Gasteiger partial charge < -0.3 is 5.32 Å². The van der Waals surface area contributed by atoms with Crippen LogP contribution in [0.4, 0.5) is 5.82 Å². The van der Waals surface area contributed by atoms with Gasteiger partial charge in [0.15, 0.2) is 5.82 Å². The summed E-state index contributed by atoms with van der Waals surface area (Å²) < 4.78 is 0. The molecule has 6 heteroatoms. The van der Waals surface area contributed by atoms with Crippen LogP contribution < -0.4 is 5.32 Å². The summed E-state index contributed by atoms with van der Waals surface area (Å²) in [5.74, 6) is -0.0350. The van der Waals surface area contributed by atoms with Crippen LogP contribution >= 0.6 is 11.6 Å². The van der Waals surface area contributed by atoms with Crippen molar-refractivity contribution in [2.45, 2.75) is 6.92 Å². The summed E-state index contributed by atoms with van der Waals surface area (Å²) in [6, 6.07) is 3.58. The average molecular weight is 249 g/mol. The Kier molecular flexibility index (Phi) is 3.30. The first kappa shape index (κ1) is 11.5. The predicted molar refractivity (Wildman–Crippen MR) is 64.0 cm³/mol. The van der Waals surface area contributed by atoms with Gasteiger partial charge in [0, 0.05) is 6.20 Å². The van der Waals surface area contributed by atoms with Crippen molar-refractivity contribution >= 4 is 23.3 Å². The van der Waals surface area contributed by atoms with Crippen LogP contribution in [-0.4, -0.2) is 20.9 Å². The van der Waals surface area contributed by atoms with Gasteiger partial charge in [0.05, 0.1) is 12.4 Å². The zero-order valence-electron chi connectivity index (χ0n) is 9.01. The second-order valence-corrected chi connectivity index (χ2v) is 3.74. The van der Waals surface area contributed by atoms with Crippen LogP contribution in [0.1, 0.15) is 16.1 Å². The number of nitrogens with zero attached hydrogens (tertiary/aromatic N) is 3. The zero-order chi connectivity index (χ0) is 12.3. The number of hydrogen-bond acceptors (Lipinski definition) is 4. The maximum Gasteiger partial charge on any atom is 0.275 e. The molecule has 0 atom stereocenters. The van der Waals surface area contributed by atoms with E-state index < -0.39 is 0 Å². The van der Waals surface area contributed by atoms with Crippen molar-refractivity contribution < 1.29 is 4.79 Å². The fraction of sp³-hybridized carbons (Fsp3) is 0.0909. The largest absolute Gasteiger partial charge is 0.304 e. The molecule has 0 spiro atoms. The van der Waals surface area contributed by atoms with Crippen LogP contribution in [0, 0.1) is 6.92 Å². The Morgan fingerprint density at radius 1 is 1.41 bits per heavy atom. The maximum absolute atomic E-state index is 11.9. The number of hydrogen-bond donors (Lipinski definition) is 1. The van der Waals surface area contributed by atoms with Crippen LogP contribution in [0.2, 0.25) is 5.15 Å². The molecule has 0 radical (unpaired) electrons. The van der Waals surface area contributed by atoms with Crippen molar-refractivity contribution in [3.63, 3.8) is 0 Å². The lowest BCUT2D eigenvalue weighted by Crippen LogP contribution is -2.16. The number of anilines is 1. The molecule has 0 unspecified atom stereocenters. The highest BCUT2D eigenvalue weighted by Crippen LogP contribution is 2.09. The van der Waals surface area contributed by atoms with E-state index in [-0.39, 0.29) is 11.1 Å². The van der Waals surface area contributed by atoms with Gasteiger partial charge in [-0.05, 0) is 18.6 Å². The Morgan fingerprint density at radius 2 is 2.24 bits per heavy atom. The molecule has 0 aliphatic heterocycles. The van der Waals surface area contributed by atoms with E-state index in [1.165, 1.54) is 12.4 Å². The molecule has 17 heavy (non-hydrogen) atoms. The Hall–Kier alpha value is -2.01. The molecule has 0 saturated carbocycles. The molecular formula is C11H9ClN4O. The topological polar surface area (TPSA) is 67.8 Å². The molecule has 86 valence electrons. The second kappa shape index (κ2) is 4.88. The minimum Gasteiger partial charge on any atom is -0.304 e. The van der Waals surface area contributed by atoms with E-state index in [4.69, 9.17) is 11.6 Å². The van der Waals surface area contributed by atoms with Gasteiger partial charge in [-0.25, -0.2) is 4.98 Å². The fourth-order valence-electron chi connectivity index (χ4n) is 1.30. The minimum absolute atomic E-state index is 0.223. The molecule has 1 amide bonds. The van der Waals surface area contributed by atoms with E-state index in [1.807, 2.05) is 13.0 Å². The van der Waals surface area contributed by atoms with E-state index in [0.717, 1.165) is 5.56 Å². The summed E-state index contributed by atoms with van der Waals surface area (Å²) in [6.07, 6.45) is 4.37. The van der Waals surface area contributed by atoms with Crippen LogP contribution in [0.15, 0.2) is 30.7 Å². The van der Waals surface area contributed by atoms with Crippen molar-refractivity contribution in [2.24, 2.45) is 0 Å². The van der Waals surface area contributed by atoms with Gasteiger partial charge in [0.2, 0.25) is 0 Å². The number of carbonyl (C=O) groups is 1. The van der Waals surface area contributed by atoms with Gasteiger partial charge in [-0.1, -0.05) is 17.7 Å². The molecule has 1 N–H and O–H groups in total.